The molecule has 0 radical (unpaired) electrons. The van der Waals surface area contributed by atoms with Crippen LogP contribution in [0.2, 0.25) is 5.02 Å². The molecule has 0 saturated heterocycles. The SMILES string of the molecule is CCNC(=NCCC(=O)Nc1ccc(C)cc1Cl)N(C)Cc1cccn1C.I. The van der Waals surface area contributed by atoms with E-state index in [4.69, 9.17) is 11.6 Å². The topological polar surface area (TPSA) is 61.7 Å². The van der Waals surface area contributed by atoms with E-state index in [-0.39, 0.29) is 36.3 Å². The van der Waals surface area contributed by atoms with Crippen LogP contribution in [0.25, 0.3) is 0 Å². The summed E-state index contributed by atoms with van der Waals surface area (Å²) in [7, 11) is 4.01. The Bertz CT molecular complexity index is 806. The normalized spacial score (nSPS) is 11.0. The molecule has 28 heavy (non-hydrogen) atoms. The molecule has 1 amide bonds. The minimum absolute atomic E-state index is 0. The number of aryl methyl sites for hydroxylation is 2. The number of halogens is 2. The van der Waals surface area contributed by atoms with E-state index in [9.17, 15) is 4.79 Å². The lowest BCUT2D eigenvalue weighted by Gasteiger charge is -2.22. The Balaban J connectivity index is 0.00000392. The van der Waals surface area contributed by atoms with Crippen LogP contribution in [0.1, 0.15) is 24.6 Å². The summed E-state index contributed by atoms with van der Waals surface area (Å²) in [4.78, 5) is 18.8. The Morgan fingerprint density at radius 1 is 1.32 bits per heavy atom. The summed E-state index contributed by atoms with van der Waals surface area (Å²) < 4.78 is 2.08. The Morgan fingerprint density at radius 3 is 2.68 bits per heavy atom. The summed E-state index contributed by atoms with van der Waals surface area (Å²) in [6.45, 7) is 5.88. The van der Waals surface area contributed by atoms with Gasteiger partial charge >= 0.3 is 0 Å². The number of hydrogen-bond donors (Lipinski definition) is 2. The van der Waals surface area contributed by atoms with Gasteiger partial charge in [-0.15, -0.1) is 24.0 Å². The Morgan fingerprint density at radius 2 is 2.07 bits per heavy atom. The predicted molar refractivity (Wildman–Crippen MR) is 128 cm³/mol. The second-order valence-electron chi connectivity index (χ2n) is 6.48. The highest BCUT2D eigenvalue weighted by molar-refractivity contribution is 14.0. The predicted octanol–water partition coefficient (Wildman–Crippen LogP) is 4.03. The van der Waals surface area contributed by atoms with E-state index in [1.165, 1.54) is 5.69 Å². The summed E-state index contributed by atoms with van der Waals surface area (Å²) in [6.07, 6.45) is 2.31. The number of aromatic nitrogens is 1. The van der Waals surface area contributed by atoms with Crippen molar-refractivity contribution in [1.29, 1.82) is 0 Å². The summed E-state index contributed by atoms with van der Waals surface area (Å²) in [5.41, 5.74) is 2.87. The largest absolute Gasteiger partial charge is 0.357 e. The molecule has 0 bridgehead atoms. The highest BCUT2D eigenvalue weighted by Gasteiger charge is 2.09. The Labute approximate surface area is 189 Å². The molecule has 0 unspecified atom stereocenters. The molecular formula is C20H29ClIN5O. The minimum Gasteiger partial charge on any atom is -0.357 e. The molecule has 1 aromatic carbocycles. The van der Waals surface area contributed by atoms with Crippen molar-refractivity contribution in [1.82, 2.24) is 14.8 Å². The van der Waals surface area contributed by atoms with E-state index in [0.717, 1.165) is 24.6 Å². The van der Waals surface area contributed by atoms with Crippen LogP contribution in [0.3, 0.4) is 0 Å². The Kier molecular flexibility index (Phi) is 10.4. The highest BCUT2D eigenvalue weighted by atomic mass is 127. The first kappa shape index (κ1) is 24.3. The number of rotatable bonds is 7. The van der Waals surface area contributed by atoms with E-state index in [1.807, 2.05) is 63.3 Å². The third-order valence-electron chi connectivity index (χ3n) is 4.15. The number of aliphatic imine (C=N–C) groups is 1. The molecule has 0 aliphatic heterocycles. The summed E-state index contributed by atoms with van der Waals surface area (Å²) in [6, 6.07) is 9.67. The number of anilines is 1. The first-order valence-corrected chi connectivity index (χ1v) is 9.44. The van der Waals surface area contributed by atoms with Crippen molar-refractivity contribution < 1.29 is 4.79 Å². The van der Waals surface area contributed by atoms with Gasteiger partial charge in [0.2, 0.25) is 5.91 Å². The summed E-state index contributed by atoms with van der Waals surface area (Å²) >= 11 is 6.16. The molecule has 0 saturated carbocycles. The number of nitrogens with zero attached hydrogens (tertiary/aromatic N) is 3. The number of carbonyl (C=O) groups is 1. The van der Waals surface area contributed by atoms with Gasteiger partial charge in [-0.25, -0.2) is 0 Å². The highest BCUT2D eigenvalue weighted by Crippen LogP contribution is 2.22. The quantitative estimate of drug-likeness (QED) is 0.331. The van der Waals surface area contributed by atoms with Crippen molar-refractivity contribution in [2.75, 3.05) is 25.5 Å². The monoisotopic (exact) mass is 517 g/mol. The standard InChI is InChI=1S/C20H28ClN5O.HI/c1-5-22-20(26(4)14-16-7-6-12-25(16)3)23-11-10-19(27)24-18-9-8-15(2)13-17(18)21;/h6-9,12-13H,5,10-11,14H2,1-4H3,(H,22,23)(H,24,27);1H. The lowest BCUT2D eigenvalue weighted by atomic mass is 10.2. The van der Waals surface area contributed by atoms with Gasteiger partial charge in [-0.1, -0.05) is 17.7 Å². The lowest BCUT2D eigenvalue weighted by Crippen LogP contribution is -2.39. The van der Waals surface area contributed by atoms with Crippen LogP contribution >= 0.6 is 35.6 Å². The molecular weight excluding hydrogens is 489 g/mol. The van der Waals surface area contributed by atoms with E-state index in [1.54, 1.807) is 0 Å². The van der Waals surface area contributed by atoms with Crippen LogP contribution in [0.5, 0.6) is 0 Å². The van der Waals surface area contributed by atoms with Crippen LogP contribution in [0.15, 0.2) is 41.5 Å². The van der Waals surface area contributed by atoms with Crippen molar-refractivity contribution in [3.05, 3.63) is 52.8 Å². The summed E-state index contributed by atoms with van der Waals surface area (Å²) in [5.74, 6) is 0.672. The summed E-state index contributed by atoms with van der Waals surface area (Å²) in [5, 5.41) is 6.65. The number of benzene rings is 1. The molecule has 2 aromatic rings. The molecule has 0 atom stereocenters. The maximum absolute atomic E-state index is 12.2. The van der Waals surface area contributed by atoms with Crippen LogP contribution in [-0.4, -0.2) is 41.5 Å². The number of carbonyl (C=O) groups excluding carboxylic acids is 1. The molecule has 0 aliphatic carbocycles. The average Bonchev–Trinajstić information content (AvgIpc) is 3.01. The van der Waals surface area contributed by atoms with Gasteiger partial charge < -0.3 is 20.1 Å². The first-order chi connectivity index (χ1) is 12.9. The number of amides is 1. The molecule has 1 heterocycles. The third-order valence-corrected chi connectivity index (χ3v) is 4.46. The van der Waals surface area contributed by atoms with Gasteiger partial charge in [-0.3, -0.25) is 9.79 Å². The number of nitrogens with one attached hydrogen (secondary N) is 2. The molecule has 2 N–H and O–H groups in total. The van der Waals surface area contributed by atoms with Gasteiger partial charge in [0.15, 0.2) is 5.96 Å². The molecule has 8 heteroatoms. The van der Waals surface area contributed by atoms with Crippen LogP contribution in [0, 0.1) is 6.92 Å². The van der Waals surface area contributed by atoms with Gasteiger partial charge in [0, 0.05) is 39.0 Å². The van der Waals surface area contributed by atoms with Crippen LogP contribution in [0.4, 0.5) is 5.69 Å². The van der Waals surface area contributed by atoms with Crippen molar-refractivity contribution in [3.8, 4) is 0 Å². The molecule has 0 spiro atoms. The van der Waals surface area contributed by atoms with Gasteiger partial charge in [0.1, 0.15) is 0 Å². The first-order valence-electron chi connectivity index (χ1n) is 9.06. The third kappa shape index (κ3) is 7.35. The molecule has 0 fully saturated rings. The van der Waals surface area contributed by atoms with Crippen molar-refractivity contribution in [3.63, 3.8) is 0 Å². The molecule has 154 valence electrons. The second-order valence-corrected chi connectivity index (χ2v) is 6.89. The van der Waals surface area contributed by atoms with E-state index in [0.29, 0.717) is 17.3 Å². The van der Waals surface area contributed by atoms with E-state index < -0.39 is 0 Å². The van der Waals surface area contributed by atoms with Gasteiger partial charge in [0.05, 0.1) is 23.8 Å². The maximum atomic E-state index is 12.2. The second kappa shape index (κ2) is 12.0. The van der Waals surface area contributed by atoms with Crippen LogP contribution in [-0.2, 0) is 18.4 Å². The lowest BCUT2D eigenvalue weighted by molar-refractivity contribution is -0.116. The fraction of sp³-hybridized carbons (Fsp3) is 0.400. The zero-order valence-corrected chi connectivity index (χ0v) is 19.9. The van der Waals surface area contributed by atoms with Gasteiger partial charge in [-0.05, 0) is 43.7 Å². The zero-order chi connectivity index (χ0) is 19.8. The average molecular weight is 518 g/mol. The zero-order valence-electron chi connectivity index (χ0n) is 16.8. The van der Waals surface area contributed by atoms with E-state index in [2.05, 4.69) is 26.3 Å². The van der Waals surface area contributed by atoms with Crippen molar-refractivity contribution >= 4 is 53.1 Å². The van der Waals surface area contributed by atoms with Crippen LogP contribution < -0.4 is 10.6 Å². The molecule has 1 aromatic heterocycles. The fourth-order valence-electron chi connectivity index (χ4n) is 2.65. The van der Waals surface area contributed by atoms with Crippen molar-refractivity contribution in [2.24, 2.45) is 12.0 Å². The Hall–Kier alpha value is -1.74. The number of guanidine groups is 1. The smallest absolute Gasteiger partial charge is 0.226 e. The minimum atomic E-state index is -0.106. The van der Waals surface area contributed by atoms with Gasteiger partial charge in [0.25, 0.3) is 0 Å². The van der Waals surface area contributed by atoms with Crippen molar-refractivity contribution in [2.45, 2.75) is 26.8 Å². The molecule has 6 nitrogen and oxygen atoms in total. The molecule has 0 aliphatic rings. The van der Waals surface area contributed by atoms with Gasteiger partial charge in [-0.2, -0.15) is 0 Å². The fourth-order valence-corrected chi connectivity index (χ4v) is 2.93. The molecule has 2 rings (SSSR count). The van der Waals surface area contributed by atoms with E-state index >= 15 is 0 Å². The maximum Gasteiger partial charge on any atom is 0.226 e. The number of hydrogen-bond acceptors (Lipinski definition) is 2.